The van der Waals surface area contributed by atoms with Gasteiger partial charge in [0.1, 0.15) is 5.82 Å². The second-order valence-electron chi connectivity index (χ2n) is 6.48. The highest BCUT2D eigenvalue weighted by Gasteiger charge is 2.35. The Kier molecular flexibility index (Phi) is 4.79. The molecule has 1 aliphatic carbocycles. The fraction of sp³-hybridized carbons (Fsp3) is 0.588. The molecule has 1 aromatic heterocycles. The predicted molar refractivity (Wildman–Crippen MR) is 86.5 cm³/mol. The van der Waals surface area contributed by atoms with Crippen LogP contribution >= 0.6 is 0 Å². The second kappa shape index (κ2) is 6.98. The van der Waals surface area contributed by atoms with Gasteiger partial charge < -0.3 is 15.3 Å². The van der Waals surface area contributed by atoms with Crippen molar-refractivity contribution < 1.29 is 14.7 Å². The molecule has 0 atom stereocenters. The SMILES string of the molecule is O=C(NC1CC(C(=O)O)C1)c1ccc(N2CCCCCC2)nc1. The molecular formula is C17H23N3O3. The van der Waals surface area contributed by atoms with Crippen molar-refractivity contribution in [1.82, 2.24) is 10.3 Å². The van der Waals surface area contributed by atoms with Crippen LogP contribution in [-0.2, 0) is 4.79 Å². The Balaban J connectivity index is 1.54. The molecule has 3 rings (SSSR count). The summed E-state index contributed by atoms with van der Waals surface area (Å²) < 4.78 is 0. The van der Waals surface area contributed by atoms with E-state index < -0.39 is 5.97 Å². The van der Waals surface area contributed by atoms with Crippen LogP contribution in [-0.4, -0.2) is 41.1 Å². The molecule has 1 saturated carbocycles. The molecule has 0 aromatic carbocycles. The molecule has 0 unspecified atom stereocenters. The Morgan fingerprint density at radius 1 is 1.13 bits per heavy atom. The minimum atomic E-state index is -0.779. The van der Waals surface area contributed by atoms with Gasteiger partial charge in [-0.3, -0.25) is 9.59 Å². The number of pyridine rings is 1. The van der Waals surface area contributed by atoms with E-state index in [-0.39, 0.29) is 17.9 Å². The summed E-state index contributed by atoms with van der Waals surface area (Å²) in [7, 11) is 0. The van der Waals surface area contributed by atoms with Crippen LogP contribution in [0.25, 0.3) is 0 Å². The smallest absolute Gasteiger partial charge is 0.306 e. The first-order valence-corrected chi connectivity index (χ1v) is 8.38. The zero-order chi connectivity index (χ0) is 16.2. The quantitative estimate of drug-likeness (QED) is 0.888. The Labute approximate surface area is 135 Å². The van der Waals surface area contributed by atoms with Gasteiger partial charge in [0.15, 0.2) is 0 Å². The third kappa shape index (κ3) is 3.81. The average molecular weight is 317 g/mol. The van der Waals surface area contributed by atoms with Gasteiger partial charge in [-0.05, 0) is 37.8 Å². The minimum Gasteiger partial charge on any atom is -0.481 e. The van der Waals surface area contributed by atoms with Crippen LogP contribution in [0.3, 0.4) is 0 Å². The van der Waals surface area contributed by atoms with E-state index in [1.165, 1.54) is 25.7 Å². The summed E-state index contributed by atoms with van der Waals surface area (Å²) in [6, 6.07) is 3.67. The summed E-state index contributed by atoms with van der Waals surface area (Å²) in [5.41, 5.74) is 0.530. The molecule has 23 heavy (non-hydrogen) atoms. The number of nitrogens with one attached hydrogen (secondary N) is 1. The Morgan fingerprint density at radius 2 is 1.83 bits per heavy atom. The zero-order valence-corrected chi connectivity index (χ0v) is 13.2. The highest BCUT2D eigenvalue weighted by atomic mass is 16.4. The fourth-order valence-electron chi connectivity index (χ4n) is 3.21. The third-order valence-electron chi connectivity index (χ3n) is 4.76. The molecular weight excluding hydrogens is 294 g/mol. The number of carbonyl (C=O) groups is 2. The number of carboxylic acid groups (broad SMARTS) is 1. The van der Waals surface area contributed by atoms with E-state index in [0.717, 1.165) is 18.9 Å². The van der Waals surface area contributed by atoms with Crippen LogP contribution in [0, 0.1) is 5.92 Å². The maximum Gasteiger partial charge on any atom is 0.306 e. The largest absolute Gasteiger partial charge is 0.481 e. The van der Waals surface area contributed by atoms with Crippen molar-refractivity contribution in [3.8, 4) is 0 Å². The van der Waals surface area contributed by atoms with Crippen LogP contribution in [0.1, 0.15) is 48.9 Å². The lowest BCUT2D eigenvalue weighted by Crippen LogP contribution is -2.46. The van der Waals surface area contributed by atoms with Gasteiger partial charge in [-0.1, -0.05) is 12.8 Å². The van der Waals surface area contributed by atoms with E-state index in [9.17, 15) is 9.59 Å². The van der Waals surface area contributed by atoms with Crippen LogP contribution in [0.5, 0.6) is 0 Å². The number of nitrogens with zero attached hydrogens (tertiary/aromatic N) is 2. The van der Waals surface area contributed by atoms with E-state index in [0.29, 0.717) is 18.4 Å². The van der Waals surface area contributed by atoms with Crippen molar-refractivity contribution in [1.29, 1.82) is 0 Å². The zero-order valence-electron chi connectivity index (χ0n) is 13.2. The second-order valence-corrected chi connectivity index (χ2v) is 6.48. The van der Waals surface area contributed by atoms with E-state index in [1.807, 2.05) is 6.07 Å². The third-order valence-corrected chi connectivity index (χ3v) is 4.76. The average Bonchev–Trinajstić information content (AvgIpc) is 2.79. The van der Waals surface area contributed by atoms with Crippen LogP contribution < -0.4 is 10.2 Å². The number of amides is 1. The maximum absolute atomic E-state index is 12.2. The Bertz CT molecular complexity index is 559. The van der Waals surface area contributed by atoms with Crippen molar-refractivity contribution in [3.63, 3.8) is 0 Å². The fourth-order valence-corrected chi connectivity index (χ4v) is 3.21. The highest BCUT2D eigenvalue weighted by molar-refractivity contribution is 5.94. The number of aliphatic carboxylic acids is 1. The van der Waals surface area contributed by atoms with Crippen molar-refractivity contribution >= 4 is 17.7 Å². The summed E-state index contributed by atoms with van der Waals surface area (Å²) in [6.45, 7) is 2.05. The van der Waals surface area contributed by atoms with Gasteiger partial charge >= 0.3 is 5.97 Å². The number of anilines is 1. The summed E-state index contributed by atoms with van der Waals surface area (Å²) in [4.78, 5) is 29.6. The minimum absolute atomic E-state index is 0.0334. The molecule has 2 aliphatic rings. The van der Waals surface area contributed by atoms with Gasteiger partial charge in [0.25, 0.3) is 5.91 Å². The van der Waals surface area contributed by atoms with E-state index in [2.05, 4.69) is 15.2 Å². The summed E-state index contributed by atoms with van der Waals surface area (Å²) >= 11 is 0. The van der Waals surface area contributed by atoms with Gasteiger partial charge in [0.2, 0.25) is 0 Å². The van der Waals surface area contributed by atoms with Gasteiger partial charge in [-0.2, -0.15) is 0 Å². The first-order chi connectivity index (χ1) is 11.1. The monoisotopic (exact) mass is 317 g/mol. The number of aromatic nitrogens is 1. The number of hydrogen-bond acceptors (Lipinski definition) is 4. The van der Waals surface area contributed by atoms with Gasteiger partial charge in [0, 0.05) is 25.3 Å². The Morgan fingerprint density at radius 3 is 2.39 bits per heavy atom. The molecule has 0 radical (unpaired) electrons. The molecule has 6 nitrogen and oxygen atoms in total. The van der Waals surface area contributed by atoms with Crippen molar-refractivity contribution in [3.05, 3.63) is 23.9 Å². The molecule has 1 amide bonds. The van der Waals surface area contributed by atoms with E-state index >= 15 is 0 Å². The maximum atomic E-state index is 12.2. The van der Waals surface area contributed by atoms with Crippen molar-refractivity contribution in [2.75, 3.05) is 18.0 Å². The first-order valence-electron chi connectivity index (χ1n) is 8.38. The topological polar surface area (TPSA) is 82.5 Å². The normalized spacial score (nSPS) is 24.4. The molecule has 0 spiro atoms. The number of rotatable bonds is 4. The van der Waals surface area contributed by atoms with Gasteiger partial charge in [-0.15, -0.1) is 0 Å². The van der Waals surface area contributed by atoms with Gasteiger partial charge in [0.05, 0.1) is 11.5 Å². The number of hydrogen-bond donors (Lipinski definition) is 2. The predicted octanol–water partition coefficient (Wildman–Crippen LogP) is 2.05. The Hall–Kier alpha value is -2.11. The lowest BCUT2D eigenvalue weighted by molar-refractivity contribution is -0.145. The van der Waals surface area contributed by atoms with Crippen LogP contribution in [0.4, 0.5) is 5.82 Å². The first kappa shape index (κ1) is 15.8. The molecule has 1 aliphatic heterocycles. The standard InChI is InChI=1S/C17H23N3O3/c21-16(19-14-9-13(10-14)17(22)23)12-5-6-15(18-11-12)20-7-3-1-2-4-8-20/h5-6,11,13-14H,1-4,7-10H2,(H,19,21)(H,22,23). The summed E-state index contributed by atoms with van der Waals surface area (Å²) in [5, 5.41) is 11.7. The highest BCUT2D eigenvalue weighted by Crippen LogP contribution is 2.27. The summed E-state index contributed by atoms with van der Waals surface area (Å²) in [6.07, 6.45) is 7.57. The molecule has 2 N–H and O–H groups in total. The molecule has 1 aromatic rings. The van der Waals surface area contributed by atoms with Crippen molar-refractivity contribution in [2.45, 2.75) is 44.6 Å². The molecule has 124 valence electrons. The number of carbonyl (C=O) groups excluding carboxylic acids is 1. The molecule has 0 bridgehead atoms. The van der Waals surface area contributed by atoms with Gasteiger partial charge in [-0.25, -0.2) is 4.98 Å². The van der Waals surface area contributed by atoms with Crippen molar-refractivity contribution in [2.24, 2.45) is 5.92 Å². The van der Waals surface area contributed by atoms with Crippen LogP contribution in [0.2, 0.25) is 0 Å². The molecule has 2 heterocycles. The van der Waals surface area contributed by atoms with Crippen LogP contribution in [0.15, 0.2) is 18.3 Å². The molecule has 6 heteroatoms. The number of carboxylic acids is 1. The lowest BCUT2D eigenvalue weighted by Gasteiger charge is -2.32. The molecule has 2 fully saturated rings. The summed E-state index contributed by atoms with van der Waals surface area (Å²) in [5.74, 6) is -0.338. The van der Waals surface area contributed by atoms with E-state index in [1.54, 1.807) is 12.3 Å². The lowest BCUT2D eigenvalue weighted by atomic mass is 9.80. The van der Waals surface area contributed by atoms with E-state index in [4.69, 9.17) is 5.11 Å². The molecule has 1 saturated heterocycles.